The van der Waals surface area contributed by atoms with Gasteiger partial charge in [-0.2, -0.15) is 5.10 Å². The van der Waals surface area contributed by atoms with Gasteiger partial charge in [0, 0.05) is 26.3 Å². The topological polar surface area (TPSA) is 56.1 Å². The Balaban J connectivity index is 1.97. The summed E-state index contributed by atoms with van der Waals surface area (Å²) in [6, 6.07) is 9.37. The Kier molecular flexibility index (Phi) is 4.30. The summed E-state index contributed by atoms with van der Waals surface area (Å²) in [5.41, 5.74) is 2.49. The van der Waals surface area contributed by atoms with Crippen LogP contribution < -0.4 is 5.32 Å². The van der Waals surface area contributed by atoms with Crippen LogP contribution in [0.2, 0.25) is 0 Å². The first-order valence-electron chi connectivity index (χ1n) is 6.06. The van der Waals surface area contributed by atoms with Gasteiger partial charge in [-0.25, -0.2) is 4.79 Å². The van der Waals surface area contributed by atoms with Crippen LogP contribution in [-0.4, -0.2) is 22.9 Å². The Morgan fingerprint density at radius 2 is 2.11 bits per heavy atom. The van der Waals surface area contributed by atoms with Crippen molar-refractivity contribution in [3.8, 4) is 0 Å². The Morgan fingerprint density at radius 3 is 2.79 bits per heavy atom. The number of carbonyl (C=O) groups is 1. The molecule has 0 aliphatic carbocycles. The van der Waals surface area contributed by atoms with Crippen molar-refractivity contribution in [3.63, 3.8) is 0 Å². The van der Waals surface area contributed by atoms with E-state index in [4.69, 9.17) is 4.74 Å². The van der Waals surface area contributed by atoms with Crippen molar-refractivity contribution >= 4 is 5.97 Å². The average Bonchev–Trinajstić information content (AvgIpc) is 2.84. The van der Waals surface area contributed by atoms with E-state index < -0.39 is 0 Å². The molecule has 1 heterocycles. The average molecular weight is 259 g/mol. The quantitative estimate of drug-likeness (QED) is 0.827. The molecule has 0 aliphatic rings. The van der Waals surface area contributed by atoms with E-state index in [-0.39, 0.29) is 5.97 Å². The molecule has 0 atom stereocenters. The largest absolute Gasteiger partial charge is 0.465 e. The highest BCUT2D eigenvalue weighted by molar-refractivity contribution is 5.90. The molecule has 1 N–H and O–H groups in total. The molecule has 0 radical (unpaired) electrons. The van der Waals surface area contributed by atoms with Crippen LogP contribution in [0, 0.1) is 0 Å². The highest BCUT2D eigenvalue weighted by Gasteiger charge is 2.10. The number of esters is 1. The third-order valence-corrected chi connectivity index (χ3v) is 2.81. The fourth-order valence-electron chi connectivity index (χ4n) is 1.87. The van der Waals surface area contributed by atoms with E-state index in [0.29, 0.717) is 18.7 Å². The van der Waals surface area contributed by atoms with Crippen LogP contribution in [0.15, 0.2) is 36.5 Å². The Bertz CT molecular complexity index is 563. The summed E-state index contributed by atoms with van der Waals surface area (Å²) >= 11 is 0. The zero-order valence-electron chi connectivity index (χ0n) is 11.1. The summed E-state index contributed by atoms with van der Waals surface area (Å²) in [6.07, 6.45) is 1.90. The molecule has 0 saturated carbocycles. The number of ether oxygens (including phenoxy) is 1. The van der Waals surface area contributed by atoms with Crippen molar-refractivity contribution in [2.24, 2.45) is 7.05 Å². The summed E-state index contributed by atoms with van der Waals surface area (Å²) in [7, 11) is 3.27. The summed E-state index contributed by atoms with van der Waals surface area (Å²) in [5.74, 6) is -0.310. The van der Waals surface area contributed by atoms with Crippen LogP contribution in [0.1, 0.15) is 21.6 Å². The van der Waals surface area contributed by atoms with Crippen molar-refractivity contribution in [3.05, 3.63) is 53.3 Å². The molecular weight excluding hydrogens is 242 g/mol. The van der Waals surface area contributed by atoms with Crippen molar-refractivity contribution in [2.75, 3.05) is 7.11 Å². The van der Waals surface area contributed by atoms with Gasteiger partial charge in [0.25, 0.3) is 0 Å². The van der Waals surface area contributed by atoms with E-state index in [9.17, 15) is 4.79 Å². The number of aryl methyl sites for hydroxylation is 1. The number of hydrogen-bond acceptors (Lipinski definition) is 4. The van der Waals surface area contributed by atoms with E-state index >= 15 is 0 Å². The Labute approximate surface area is 112 Å². The third kappa shape index (κ3) is 3.42. The van der Waals surface area contributed by atoms with Gasteiger partial charge < -0.3 is 10.1 Å². The third-order valence-electron chi connectivity index (χ3n) is 2.81. The van der Waals surface area contributed by atoms with E-state index in [0.717, 1.165) is 11.3 Å². The minimum atomic E-state index is -0.310. The van der Waals surface area contributed by atoms with Crippen LogP contribution in [-0.2, 0) is 24.9 Å². The maximum absolute atomic E-state index is 11.6. The Hall–Kier alpha value is -2.14. The SMILES string of the molecule is COC(=O)c1ccccc1CNCc1ccn(C)n1. The molecular formula is C14H17N3O2. The molecule has 5 heteroatoms. The van der Waals surface area contributed by atoms with Crippen LogP contribution in [0.5, 0.6) is 0 Å². The first-order chi connectivity index (χ1) is 9.20. The molecule has 0 fully saturated rings. The lowest BCUT2D eigenvalue weighted by Gasteiger charge is -2.08. The molecule has 0 amide bonds. The highest BCUT2D eigenvalue weighted by atomic mass is 16.5. The molecule has 5 nitrogen and oxygen atoms in total. The van der Waals surface area contributed by atoms with E-state index in [2.05, 4.69) is 10.4 Å². The maximum atomic E-state index is 11.6. The first-order valence-corrected chi connectivity index (χ1v) is 6.06. The number of aromatic nitrogens is 2. The number of nitrogens with zero attached hydrogens (tertiary/aromatic N) is 2. The number of nitrogens with one attached hydrogen (secondary N) is 1. The lowest BCUT2D eigenvalue weighted by molar-refractivity contribution is 0.0599. The van der Waals surface area contributed by atoms with Gasteiger partial charge in [0.05, 0.1) is 18.4 Å². The molecule has 0 saturated heterocycles. The van der Waals surface area contributed by atoms with Crippen molar-refractivity contribution in [2.45, 2.75) is 13.1 Å². The first kappa shape index (κ1) is 13.3. The van der Waals surface area contributed by atoms with Gasteiger partial charge in [0.1, 0.15) is 0 Å². The zero-order valence-corrected chi connectivity index (χ0v) is 11.1. The fourth-order valence-corrected chi connectivity index (χ4v) is 1.87. The second-order valence-corrected chi connectivity index (χ2v) is 4.23. The van der Waals surface area contributed by atoms with Gasteiger partial charge in [-0.15, -0.1) is 0 Å². The van der Waals surface area contributed by atoms with Gasteiger partial charge in [-0.3, -0.25) is 4.68 Å². The minimum absolute atomic E-state index is 0.310. The predicted octanol–water partition coefficient (Wildman–Crippen LogP) is 1.50. The van der Waals surface area contributed by atoms with Gasteiger partial charge in [0.15, 0.2) is 0 Å². The maximum Gasteiger partial charge on any atom is 0.338 e. The summed E-state index contributed by atoms with van der Waals surface area (Å²) in [5, 5.41) is 7.55. The van der Waals surface area contributed by atoms with Gasteiger partial charge >= 0.3 is 5.97 Å². The van der Waals surface area contributed by atoms with Crippen LogP contribution in [0.4, 0.5) is 0 Å². The van der Waals surface area contributed by atoms with E-state index in [1.54, 1.807) is 10.7 Å². The molecule has 1 aromatic heterocycles. The van der Waals surface area contributed by atoms with Crippen LogP contribution in [0.3, 0.4) is 0 Å². The molecule has 0 spiro atoms. The molecule has 0 aliphatic heterocycles. The normalized spacial score (nSPS) is 10.4. The minimum Gasteiger partial charge on any atom is -0.465 e. The highest BCUT2D eigenvalue weighted by Crippen LogP contribution is 2.10. The second kappa shape index (κ2) is 6.15. The van der Waals surface area contributed by atoms with Gasteiger partial charge in [0.2, 0.25) is 0 Å². The second-order valence-electron chi connectivity index (χ2n) is 4.23. The van der Waals surface area contributed by atoms with Crippen molar-refractivity contribution < 1.29 is 9.53 Å². The molecule has 19 heavy (non-hydrogen) atoms. The standard InChI is InChI=1S/C14H17N3O2/c1-17-8-7-12(16-17)10-15-9-11-5-3-4-6-13(11)14(18)19-2/h3-8,15H,9-10H2,1-2H3. The lowest BCUT2D eigenvalue weighted by Crippen LogP contribution is -2.16. The zero-order chi connectivity index (χ0) is 13.7. The smallest absolute Gasteiger partial charge is 0.338 e. The number of benzene rings is 1. The number of carbonyl (C=O) groups excluding carboxylic acids is 1. The fraction of sp³-hybridized carbons (Fsp3) is 0.286. The molecule has 2 aromatic rings. The summed E-state index contributed by atoms with van der Waals surface area (Å²) in [4.78, 5) is 11.6. The van der Waals surface area contributed by atoms with Gasteiger partial charge in [-0.05, 0) is 17.7 Å². The molecule has 100 valence electrons. The number of rotatable bonds is 5. The van der Waals surface area contributed by atoms with E-state index in [1.807, 2.05) is 37.5 Å². The van der Waals surface area contributed by atoms with E-state index in [1.165, 1.54) is 7.11 Å². The molecule has 0 unspecified atom stereocenters. The van der Waals surface area contributed by atoms with Crippen molar-refractivity contribution in [1.82, 2.24) is 15.1 Å². The van der Waals surface area contributed by atoms with Crippen LogP contribution >= 0.6 is 0 Å². The number of hydrogen-bond donors (Lipinski definition) is 1. The molecule has 0 bridgehead atoms. The van der Waals surface area contributed by atoms with Crippen LogP contribution in [0.25, 0.3) is 0 Å². The number of methoxy groups -OCH3 is 1. The molecule has 1 aromatic carbocycles. The lowest BCUT2D eigenvalue weighted by atomic mass is 10.1. The predicted molar refractivity (Wildman–Crippen MR) is 71.5 cm³/mol. The molecule has 2 rings (SSSR count). The van der Waals surface area contributed by atoms with Gasteiger partial charge in [-0.1, -0.05) is 18.2 Å². The summed E-state index contributed by atoms with van der Waals surface area (Å²) < 4.78 is 6.53. The summed E-state index contributed by atoms with van der Waals surface area (Å²) in [6.45, 7) is 1.26. The monoisotopic (exact) mass is 259 g/mol. The van der Waals surface area contributed by atoms with Crippen molar-refractivity contribution in [1.29, 1.82) is 0 Å². The Morgan fingerprint density at radius 1 is 1.32 bits per heavy atom.